The van der Waals surface area contributed by atoms with Crippen LogP contribution in [0, 0.1) is 11.3 Å². The van der Waals surface area contributed by atoms with Crippen LogP contribution in [0.1, 0.15) is 5.56 Å². The van der Waals surface area contributed by atoms with Crippen LogP contribution < -0.4 is 4.74 Å². The summed E-state index contributed by atoms with van der Waals surface area (Å²) in [4.78, 5) is 4.39. The Morgan fingerprint density at radius 3 is 2.36 bits per heavy atom. The van der Waals surface area contributed by atoms with Crippen LogP contribution >= 0.6 is 0 Å². The third kappa shape index (κ3) is 2.90. The van der Waals surface area contributed by atoms with Crippen molar-refractivity contribution in [1.82, 2.24) is 8.96 Å². The van der Waals surface area contributed by atoms with Gasteiger partial charge in [-0.2, -0.15) is 5.26 Å². The monoisotopic (exact) mass is 389 g/mol. The highest BCUT2D eigenvalue weighted by atomic mass is 32.2. The predicted molar refractivity (Wildman–Crippen MR) is 105 cm³/mol. The number of pyridine rings is 1. The molecule has 0 aliphatic heterocycles. The fraction of sp³-hybridized carbons (Fsp3) is 0.0476. The number of methoxy groups -OCH3 is 1. The average Bonchev–Trinajstić information content (AvgIpc) is 3.19. The fourth-order valence-electron chi connectivity index (χ4n) is 3.06. The maximum Gasteiger partial charge on any atom is 0.268 e. The maximum absolute atomic E-state index is 13.1. The Morgan fingerprint density at radius 2 is 1.71 bits per heavy atom. The summed E-state index contributed by atoms with van der Waals surface area (Å²) in [6.07, 6.45) is 4.75. The first-order valence-corrected chi connectivity index (χ1v) is 9.84. The first-order chi connectivity index (χ1) is 13.5. The summed E-state index contributed by atoms with van der Waals surface area (Å²) in [6.45, 7) is 0. The van der Waals surface area contributed by atoms with Crippen LogP contribution in [-0.4, -0.2) is 24.5 Å². The number of fused-ring (bicyclic) bond motifs is 1. The highest BCUT2D eigenvalue weighted by molar-refractivity contribution is 7.90. The third-order valence-electron chi connectivity index (χ3n) is 4.52. The van der Waals surface area contributed by atoms with Crippen molar-refractivity contribution in [2.24, 2.45) is 0 Å². The van der Waals surface area contributed by atoms with Gasteiger partial charge in [0.1, 0.15) is 5.75 Å². The minimum absolute atomic E-state index is 0.162. The topological polar surface area (TPSA) is 85.0 Å². The molecule has 2 aromatic heterocycles. The minimum Gasteiger partial charge on any atom is -0.497 e. The molecule has 0 unspecified atom stereocenters. The zero-order valence-electron chi connectivity index (χ0n) is 14.9. The van der Waals surface area contributed by atoms with Gasteiger partial charge >= 0.3 is 0 Å². The van der Waals surface area contributed by atoms with Crippen LogP contribution in [0.3, 0.4) is 0 Å². The second-order valence-electron chi connectivity index (χ2n) is 6.10. The second-order valence-corrected chi connectivity index (χ2v) is 7.92. The van der Waals surface area contributed by atoms with Gasteiger partial charge in [0.05, 0.1) is 35.4 Å². The molecule has 0 radical (unpaired) electrons. The van der Waals surface area contributed by atoms with Crippen molar-refractivity contribution in [2.45, 2.75) is 4.90 Å². The van der Waals surface area contributed by atoms with Gasteiger partial charge in [0.15, 0.2) is 0 Å². The van der Waals surface area contributed by atoms with E-state index < -0.39 is 10.0 Å². The van der Waals surface area contributed by atoms with Crippen molar-refractivity contribution in [3.8, 4) is 22.9 Å². The molecule has 0 atom stereocenters. The summed E-state index contributed by atoms with van der Waals surface area (Å²) in [7, 11) is -2.25. The van der Waals surface area contributed by atoms with E-state index in [2.05, 4.69) is 11.1 Å². The molecule has 0 N–H and O–H groups in total. The molecular weight excluding hydrogens is 374 g/mol. The Balaban J connectivity index is 1.84. The van der Waals surface area contributed by atoms with E-state index in [9.17, 15) is 8.42 Å². The molecule has 0 spiro atoms. The van der Waals surface area contributed by atoms with Crippen LogP contribution in [-0.2, 0) is 10.0 Å². The average molecular weight is 389 g/mol. The van der Waals surface area contributed by atoms with E-state index in [0.717, 1.165) is 16.5 Å². The highest BCUT2D eigenvalue weighted by Gasteiger charge is 2.20. The third-order valence-corrected chi connectivity index (χ3v) is 6.23. The van der Waals surface area contributed by atoms with Crippen molar-refractivity contribution in [2.75, 3.05) is 7.11 Å². The number of hydrogen-bond acceptors (Lipinski definition) is 5. The molecule has 138 valence electrons. The Bertz CT molecular complexity index is 1300. The Morgan fingerprint density at radius 1 is 1.00 bits per heavy atom. The molecule has 0 amide bonds. The van der Waals surface area contributed by atoms with Gasteiger partial charge in [0.25, 0.3) is 10.0 Å². The number of nitrogens with zero attached hydrogens (tertiary/aromatic N) is 3. The van der Waals surface area contributed by atoms with Gasteiger partial charge in [0, 0.05) is 23.3 Å². The molecule has 2 aromatic carbocycles. The molecule has 7 heteroatoms. The first kappa shape index (κ1) is 17.8. The number of aromatic nitrogens is 2. The van der Waals surface area contributed by atoms with Gasteiger partial charge < -0.3 is 4.74 Å². The van der Waals surface area contributed by atoms with Crippen molar-refractivity contribution in [3.05, 3.63) is 78.8 Å². The number of ether oxygens (including phenoxy) is 1. The summed E-state index contributed by atoms with van der Waals surface area (Å²) in [5, 5.41) is 9.73. The van der Waals surface area contributed by atoms with Gasteiger partial charge in [-0.15, -0.1) is 0 Å². The molecule has 4 aromatic rings. The van der Waals surface area contributed by atoms with E-state index in [0.29, 0.717) is 16.8 Å². The lowest BCUT2D eigenvalue weighted by atomic mass is 10.0. The molecule has 0 saturated heterocycles. The van der Waals surface area contributed by atoms with Crippen LogP contribution in [0.2, 0.25) is 0 Å². The molecule has 0 aliphatic rings. The molecule has 6 nitrogen and oxygen atoms in total. The zero-order valence-corrected chi connectivity index (χ0v) is 15.7. The van der Waals surface area contributed by atoms with E-state index in [1.807, 2.05) is 12.1 Å². The summed E-state index contributed by atoms with van der Waals surface area (Å²) >= 11 is 0. The van der Waals surface area contributed by atoms with E-state index in [4.69, 9.17) is 10.00 Å². The molecule has 4 rings (SSSR count). The first-order valence-electron chi connectivity index (χ1n) is 8.40. The van der Waals surface area contributed by atoms with Crippen molar-refractivity contribution in [1.29, 1.82) is 5.26 Å². The number of hydrogen-bond donors (Lipinski definition) is 0. The standard InChI is InChI=1S/C21H15N3O3S/c1-27-17-6-8-18(9-7-17)28(25,26)24-11-10-19-20(13-23-14-21(19)24)16-4-2-15(12-22)3-5-16/h2-11,13-14H,1H3. The summed E-state index contributed by atoms with van der Waals surface area (Å²) in [6, 6.07) is 17.2. The normalized spacial score (nSPS) is 11.3. The molecule has 0 aliphatic carbocycles. The lowest BCUT2D eigenvalue weighted by molar-refractivity contribution is 0.414. The fourth-order valence-corrected chi connectivity index (χ4v) is 4.39. The quantitative estimate of drug-likeness (QED) is 0.530. The van der Waals surface area contributed by atoms with Crippen LogP contribution in [0.25, 0.3) is 22.0 Å². The van der Waals surface area contributed by atoms with Crippen molar-refractivity contribution in [3.63, 3.8) is 0 Å². The summed E-state index contributed by atoms with van der Waals surface area (Å²) in [5.41, 5.74) is 2.70. The second kappa shape index (κ2) is 6.83. The van der Waals surface area contributed by atoms with E-state index in [1.54, 1.807) is 36.5 Å². The molecule has 0 fully saturated rings. The molecule has 2 heterocycles. The molecule has 0 saturated carbocycles. The van der Waals surface area contributed by atoms with Crippen LogP contribution in [0.4, 0.5) is 0 Å². The van der Waals surface area contributed by atoms with Gasteiger partial charge in [-0.25, -0.2) is 12.4 Å². The molecule has 28 heavy (non-hydrogen) atoms. The van der Waals surface area contributed by atoms with E-state index >= 15 is 0 Å². The number of nitriles is 1. The lowest BCUT2D eigenvalue weighted by Gasteiger charge is -2.09. The Kier molecular flexibility index (Phi) is 4.34. The SMILES string of the molecule is COc1ccc(S(=O)(=O)n2ccc3c(-c4ccc(C#N)cc4)cncc32)cc1. The zero-order chi connectivity index (χ0) is 19.7. The number of rotatable bonds is 4. The number of benzene rings is 2. The highest BCUT2D eigenvalue weighted by Crippen LogP contribution is 2.30. The molecular formula is C21H15N3O3S. The van der Waals surface area contributed by atoms with Gasteiger partial charge in [0.2, 0.25) is 0 Å². The van der Waals surface area contributed by atoms with Gasteiger partial charge in [-0.1, -0.05) is 12.1 Å². The predicted octanol–water partition coefficient (Wildman–Crippen LogP) is 3.82. The Hall–Kier alpha value is -3.63. The summed E-state index contributed by atoms with van der Waals surface area (Å²) < 4.78 is 32.5. The summed E-state index contributed by atoms with van der Waals surface area (Å²) in [5.74, 6) is 0.584. The molecule has 0 bridgehead atoms. The largest absolute Gasteiger partial charge is 0.497 e. The van der Waals surface area contributed by atoms with E-state index in [1.165, 1.54) is 35.6 Å². The lowest BCUT2D eigenvalue weighted by Crippen LogP contribution is -2.11. The smallest absolute Gasteiger partial charge is 0.268 e. The van der Waals surface area contributed by atoms with Crippen molar-refractivity contribution < 1.29 is 13.2 Å². The van der Waals surface area contributed by atoms with Crippen LogP contribution in [0.15, 0.2) is 78.1 Å². The maximum atomic E-state index is 13.1. The van der Waals surface area contributed by atoms with E-state index in [-0.39, 0.29) is 4.90 Å². The van der Waals surface area contributed by atoms with Gasteiger partial charge in [-0.05, 0) is 48.0 Å². The minimum atomic E-state index is -3.78. The van der Waals surface area contributed by atoms with Crippen molar-refractivity contribution >= 4 is 20.9 Å². The van der Waals surface area contributed by atoms with Crippen LogP contribution in [0.5, 0.6) is 5.75 Å². The van der Waals surface area contributed by atoms with Gasteiger partial charge in [-0.3, -0.25) is 4.98 Å². The Labute approximate surface area is 162 Å².